The number of halogens is 19. The summed E-state index contributed by atoms with van der Waals surface area (Å²) in [7, 11) is -19.3. The standard InChI is InChI=1S/C38H23F18IO7S3/c39-31(40,35(47,48)49)33(43,44)37(53,54)66(58,59)63-57(24-10-4-1-5-11-24)25-16-18-26(19-17-25)62-27-20-22-30(23-21-27)65(28-12-6-2-7-13-28,29-14-8-3-9-15-29)64-67(60,61)38(55,56)34(45,46)32(41,42)36(50,51)52/h1-23H. The quantitative estimate of drug-likeness (QED) is 0.0676. The molecule has 0 bridgehead atoms. The maximum absolute atomic E-state index is 15.2. The van der Waals surface area contributed by atoms with Crippen LogP contribution in [-0.4, -0.2) is 63.4 Å². The monoisotopic (exact) mass is 1160 g/mol. The van der Waals surface area contributed by atoms with Crippen LogP contribution in [0.4, 0.5) is 79.0 Å². The fourth-order valence-electron chi connectivity index (χ4n) is 5.27. The molecule has 0 heterocycles. The van der Waals surface area contributed by atoms with Gasteiger partial charge in [0.2, 0.25) is 0 Å². The van der Waals surface area contributed by atoms with Gasteiger partial charge in [0.15, 0.2) is 0 Å². The maximum atomic E-state index is 15.2. The summed E-state index contributed by atoms with van der Waals surface area (Å²) < 4.78 is 315. The second-order valence-corrected chi connectivity index (χ2v) is 24.1. The summed E-state index contributed by atoms with van der Waals surface area (Å²) in [5.41, 5.74) is 0. The molecule has 67 heavy (non-hydrogen) atoms. The van der Waals surface area contributed by atoms with Gasteiger partial charge in [-0.15, -0.1) is 0 Å². The normalized spacial score (nSPS) is 14.7. The molecular weight excluding hydrogens is 1130 g/mol. The van der Waals surface area contributed by atoms with Crippen molar-refractivity contribution in [3.05, 3.63) is 147 Å². The van der Waals surface area contributed by atoms with Crippen LogP contribution in [0.1, 0.15) is 0 Å². The third-order valence-electron chi connectivity index (χ3n) is 8.68. The minimum atomic E-state index is -7.67. The SMILES string of the molecule is O=S(=O)(OI(c1ccccc1)c1ccc(Oc2ccc(S(OS(=O)(=O)C(F)(F)C(F)(F)C(F)(F)C(F)(F)F)(c3ccccc3)c3ccccc3)cc2)cc1)C(F)(F)C(F)(F)C(F)(F)C(F)(F)F. The van der Waals surface area contributed by atoms with Crippen molar-refractivity contribution in [1.29, 1.82) is 0 Å². The molecule has 5 rings (SSSR count). The molecule has 0 aliphatic rings. The van der Waals surface area contributed by atoms with Gasteiger partial charge in [-0.25, -0.2) is 0 Å². The van der Waals surface area contributed by atoms with Gasteiger partial charge in [0.25, 0.3) is 0 Å². The summed E-state index contributed by atoms with van der Waals surface area (Å²) in [6.07, 6.45) is -14.7. The fraction of sp³-hybridized carbons (Fsp3) is 0.211. The Labute approximate surface area is 375 Å². The first kappa shape index (κ1) is 53.5. The number of hydrogen-bond acceptors (Lipinski definition) is 7. The predicted octanol–water partition coefficient (Wildman–Crippen LogP) is 13.7. The Bertz CT molecular complexity index is 2690. The van der Waals surface area contributed by atoms with Crippen molar-refractivity contribution in [3.8, 4) is 11.5 Å². The number of hydrogen-bond donors (Lipinski definition) is 0. The van der Waals surface area contributed by atoms with E-state index in [4.69, 9.17) is 8.37 Å². The zero-order valence-corrected chi connectivity index (χ0v) is 36.6. The molecule has 0 N–H and O–H groups in total. The summed E-state index contributed by atoms with van der Waals surface area (Å²) in [6, 6.07) is 24.3. The Morgan fingerprint density at radius 1 is 0.358 bits per heavy atom. The van der Waals surface area contributed by atoms with E-state index in [2.05, 4.69) is 2.51 Å². The van der Waals surface area contributed by atoms with Crippen LogP contribution in [0.2, 0.25) is 0 Å². The van der Waals surface area contributed by atoms with Crippen LogP contribution < -0.4 is 4.74 Å². The van der Waals surface area contributed by atoms with Crippen molar-refractivity contribution in [2.24, 2.45) is 0 Å². The molecular formula is C38H23F18IO7S3. The summed E-state index contributed by atoms with van der Waals surface area (Å²) in [5, 5.41) is -14.5. The van der Waals surface area contributed by atoms with Gasteiger partial charge in [-0.3, -0.25) is 0 Å². The van der Waals surface area contributed by atoms with E-state index in [0.29, 0.717) is 0 Å². The molecule has 0 aliphatic heterocycles. The Balaban J connectivity index is 1.54. The second kappa shape index (κ2) is 18.1. The third kappa shape index (κ3) is 9.38. The van der Waals surface area contributed by atoms with E-state index in [1.54, 1.807) is 0 Å². The first-order valence-electron chi connectivity index (χ1n) is 17.4. The average Bonchev–Trinajstić information content (AvgIpc) is 3.25. The van der Waals surface area contributed by atoms with Crippen LogP contribution in [0.15, 0.2) is 154 Å². The van der Waals surface area contributed by atoms with Gasteiger partial charge < -0.3 is 0 Å². The van der Waals surface area contributed by atoms with Crippen LogP contribution in [-0.2, 0) is 26.4 Å². The van der Waals surface area contributed by atoms with Crippen LogP contribution in [0.3, 0.4) is 0 Å². The van der Waals surface area contributed by atoms with Gasteiger partial charge in [-0.1, -0.05) is 36.4 Å². The van der Waals surface area contributed by atoms with Gasteiger partial charge in [0, 0.05) is 0 Å². The molecule has 29 heteroatoms. The number of rotatable bonds is 17. The van der Waals surface area contributed by atoms with Crippen LogP contribution in [0.5, 0.6) is 11.5 Å². The van der Waals surface area contributed by atoms with Gasteiger partial charge in [-0.05, 0) is 0 Å². The molecule has 0 amide bonds. The van der Waals surface area contributed by atoms with Gasteiger partial charge in [0.1, 0.15) is 0 Å². The fourth-order valence-corrected chi connectivity index (χ4v) is 17.5. The number of alkyl halides is 18. The summed E-state index contributed by atoms with van der Waals surface area (Å²) >= 11 is -4.58. The van der Waals surface area contributed by atoms with Gasteiger partial charge in [-0.2, -0.15) is 47.9 Å². The Morgan fingerprint density at radius 3 is 1.04 bits per heavy atom. The molecule has 0 aromatic heterocycles. The van der Waals surface area contributed by atoms with Crippen molar-refractivity contribution in [2.45, 2.75) is 61.2 Å². The number of ether oxygens (including phenoxy) is 1. The first-order chi connectivity index (χ1) is 30.5. The molecule has 0 unspecified atom stereocenters. The molecule has 368 valence electrons. The molecule has 0 aliphatic carbocycles. The molecule has 0 saturated carbocycles. The topological polar surface area (TPSA) is 96.0 Å². The first-order valence-corrected chi connectivity index (χ1v) is 24.8. The van der Waals surface area contributed by atoms with E-state index in [9.17, 15) is 87.1 Å². The summed E-state index contributed by atoms with van der Waals surface area (Å²) in [6.45, 7) is 0. The molecule has 5 aromatic rings. The van der Waals surface area contributed by atoms with Crippen LogP contribution in [0.25, 0.3) is 0 Å². The van der Waals surface area contributed by atoms with E-state index in [0.717, 1.165) is 84.9 Å². The van der Waals surface area contributed by atoms with E-state index < -0.39 is 116 Å². The van der Waals surface area contributed by atoms with E-state index in [1.165, 1.54) is 54.6 Å². The van der Waals surface area contributed by atoms with Crippen molar-refractivity contribution < 1.29 is 107 Å². The van der Waals surface area contributed by atoms with E-state index in [1.807, 2.05) is 0 Å². The molecule has 0 atom stereocenters. The third-order valence-corrected chi connectivity index (χ3v) is 21.3. The Hall–Kier alpha value is -4.46. The predicted molar refractivity (Wildman–Crippen MR) is 208 cm³/mol. The van der Waals surface area contributed by atoms with Crippen LogP contribution >= 0.6 is 30.5 Å². The van der Waals surface area contributed by atoms with Crippen LogP contribution in [0, 0.1) is 7.14 Å². The molecule has 0 radical (unpaired) electrons. The van der Waals surface area contributed by atoms with Gasteiger partial charge >= 0.3 is 293 Å². The zero-order valence-electron chi connectivity index (χ0n) is 32.0. The molecule has 7 nitrogen and oxygen atoms in total. The average molecular weight is 1160 g/mol. The van der Waals surface area contributed by atoms with E-state index >= 15 is 8.78 Å². The van der Waals surface area contributed by atoms with Crippen molar-refractivity contribution in [3.63, 3.8) is 0 Å². The van der Waals surface area contributed by atoms with Crippen molar-refractivity contribution >= 4 is 50.8 Å². The summed E-state index contributed by atoms with van der Waals surface area (Å²) in [4.78, 5) is -1.37. The van der Waals surface area contributed by atoms with Crippen molar-refractivity contribution in [2.75, 3.05) is 0 Å². The Kier molecular flexibility index (Phi) is 14.5. The Morgan fingerprint density at radius 2 is 0.672 bits per heavy atom. The second-order valence-electron chi connectivity index (χ2n) is 13.1. The minimum absolute atomic E-state index is 0.291. The molecule has 0 spiro atoms. The summed E-state index contributed by atoms with van der Waals surface area (Å²) in [5.74, 6) is -31.1. The molecule has 5 aromatic carbocycles. The number of benzene rings is 5. The molecule has 0 saturated heterocycles. The van der Waals surface area contributed by atoms with Crippen molar-refractivity contribution in [1.82, 2.24) is 0 Å². The zero-order chi connectivity index (χ0) is 50.5. The van der Waals surface area contributed by atoms with Gasteiger partial charge in [0.05, 0.1) is 0 Å². The molecule has 0 fully saturated rings. The van der Waals surface area contributed by atoms with E-state index in [-0.39, 0.29) is 15.1 Å².